The van der Waals surface area contributed by atoms with Gasteiger partial charge < -0.3 is 15.8 Å². The number of nitrogens with one attached hydrogen (secondary N) is 1. The summed E-state index contributed by atoms with van der Waals surface area (Å²) in [6, 6.07) is 4.98. The van der Waals surface area contributed by atoms with Crippen molar-refractivity contribution in [3.05, 3.63) is 29.6 Å². The lowest BCUT2D eigenvalue weighted by atomic mass is 10.1. The zero-order chi connectivity index (χ0) is 11.8. The Hall–Kier alpha value is -1.13. The van der Waals surface area contributed by atoms with Gasteiger partial charge in [-0.3, -0.25) is 0 Å². The van der Waals surface area contributed by atoms with E-state index in [9.17, 15) is 4.39 Å². The molecule has 1 aromatic carbocycles. The molecule has 0 unspecified atom stereocenters. The van der Waals surface area contributed by atoms with Gasteiger partial charge in [-0.15, -0.1) is 0 Å². The normalized spacial score (nSPS) is 10.4. The van der Waals surface area contributed by atoms with E-state index in [2.05, 4.69) is 5.32 Å². The Morgan fingerprint density at radius 2 is 2.19 bits per heavy atom. The summed E-state index contributed by atoms with van der Waals surface area (Å²) in [5, 5.41) is 3.18. The van der Waals surface area contributed by atoms with Crippen LogP contribution in [0, 0.1) is 5.82 Å². The van der Waals surface area contributed by atoms with Crippen LogP contribution in [0.1, 0.15) is 12.0 Å². The Morgan fingerprint density at radius 1 is 1.38 bits per heavy atom. The molecule has 90 valence electrons. The van der Waals surface area contributed by atoms with Crippen LogP contribution in [0.25, 0.3) is 0 Å². The quantitative estimate of drug-likeness (QED) is 0.689. The van der Waals surface area contributed by atoms with Crippen LogP contribution in [0.5, 0.6) is 5.75 Å². The highest BCUT2D eigenvalue weighted by Gasteiger charge is 2.03. The van der Waals surface area contributed by atoms with Crippen molar-refractivity contribution in [1.29, 1.82) is 0 Å². The van der Waals surface area contributed by atoms with Crippen LogP contribution >= 0.6 is 0 Å². The first-order valence-electron chi connectivity index (χ1n) is 5.51. The third kappa shape index (κ3) is 4.16. The van der Waals surface area contributed by atoms with Crippen molar-refractivity contribution in [3.8, 4) is 5.75 Å². The molecule has 16 heavy (non-hydrogen) atoms. The Balaban J connectivity index is 2.36. The van der Waals surface area contributed by atoms with Crippen molar-refractivity contribution in [2.75, 3.05) is 26.7 Å². The van der Waals surface area contributed by atoms with Crippen LogP contribution in [0.15, 0.2) is 18.2 Å². The van der Waals surface area contributed by atoms with Crippen molar-refractivity contribution in [2.45, 2.75) is 12.8 Å². The standard InChI is InChI=1S/C12H19FN2O/c1-16-11-5-4-10(12(13)9-11)3-2-7-15-8-6-14/h4-5,9,15H,2-3,6-8,14H2,1H3. The molecule has 1 aromatic rings. The number of hydrogen-bond acceptors (Lipinski definition) is 3. The summed E-state index contributed by atoms with van der Waals surface area (Å²) in [5.41, 5.74) is 6.07. The lowest BCUT2D eigenvalue weighted by molar-refractivity contribution is 0.410. The molecule has 3 nitrogen and oxygen atoms in total. The molecule has 0 aliphatic heterocycles. The number of hydrogen-bond donors (Lipinski definition) is 2. The summed E-state index contributed by atoms with van der Waals surface area (Å²) in [5.74, 6) is 0.362. The van der Waals surface area contributed by atoms with Crippen LogP contribution in [-0.4, -0.2) is 26.7 Å². The van der Waals surface area contributed by atoms with Gasteiger partial charge in [-0.05, 0) is 31.0 Å². The van der Waals surface area contributed by atoms with E-state index < -0.39 is 0 Å². The first-order valence-corrected chi connectivity index (χ1v) is 5.51. The Morgan fingerprint density at radius 3 is 2.81 bits per heavy atom. The molecule has 0 spiro atoms. The van der Waals surface area contributed by atoms with Gasteiger partial charge >= 0.3 is 0 Å². The molecule has 0 atom stereocenters. The highest BCUT2D eigenvalue weighted by Crippen LogP contribution is 2.17. The number of ether oxygens (including phenoxy) is 1. The molecular weight excluding hydrogens is 207 g/mol. The fourth-order valence-corrected chi connectivity index (χ4v) is 1.49. The fourth-order valence-electron chi connectivity index (χ4n) is 1.49. The van der Waals surface area contributed by atoms with Gasteiger partial charge in [-0.2, -0.15) is 0 Å². The van der Waals surface area contributed by atoms with Gasteiger partial charge in [-0.25, -0.2) is 4.39 Å². The second kappa shape index (κ2) is 7.19. The molecule has 0 radical (unpaired) electrons. The van der Waals surface area contributed by atoms with E-state index in [0.717, 1.165) is 31.5 Å². The average Bonchev–Trinajstić information content (AvgIpc) is 2.30. The molecule has 0 saturated heterocycles. The molecule has 0 heterocycles. The van der Waals surface area contributed by atoms with Gasteiger partial charge in [0.05, 0.1) is 7.11 Å². The molecule has 3 N–H and O–H groups in total. The minimum atomic E-state index is -0.196. The Kier molecular flexibility index (Phi) is 5.82. The lowest BCUT2D eigenvalue weighted by Gasteiger charge is -2.06. The second-order valence-electron chi connectivity index (χ2n) is 3.60. The molecule has 0 saturated carbocycles. The van der Waals surface area contributed by atoms with Gasteiger partial charge in [0, 0.05) is 19.2 Å². The third-order valence-electron chi connectivity index (χ3n) is 2.38. The molecule has 1 rings (SSSR count). The Labute approximate surface area is 95.8 Å². The van der Waals surface area contributed by atoms with Crippen molar-refractivity contribution in [3.63, 3.8) is 0 Å². The Bertz CT molecular complexity index is 318. The maximum Gasteiger partial charge on any atom is 0.130 e. The first-order chi connectivity index (χ1) is 7.77. The van der Waals surface area contributed by atoms with Crippen LogP contribution in [-0.2, 0) is 6.42 Å². The number of halogens is 1. The number of benzene rings is 1. The van der Waals surface area contributed by atoms with Crippen molar-refractivity contribution in [2.24, 2.45) is 5.73 Å². The van der Waals surface area contributed by atoms with Crippen molar-refractivity contribution >= 4 is 0 Å². The summed E-state index contributed by atoms with van der Waals surface area (Å²) in [4.78, 5) is 0. The van der Waals surface area contributed by atoms with Gasteiger partial charge in [0.25, 0.3) is 0 Å². The molecular formula is C12H19FN2O. The summed E-state index contributed by atoms with van der Waals surface area (Å²) in [6.45, 7) is 2.31. The largest absolute Gasteiger partial charge is 0.497 e. The summed E-state index contributed by atoms with van der Waals surface area (Å²) < 4.78 is 18.4. The van der Waals surface area contributed by atoms with E-state index in [4.69, 9.17) is 10.5 Å². The summed E-state index contributed by atoms with van der Waals surface area (Å²) in [7, 11) is 1.53. The van der Waals surface area contributed by atoms with E-state index in [1.165, 1.54) is 13.2 Å². The highest BCUT2D eigenvalue weighted by atomic mass is 19.1. The minimum Gasteiger partial charge on any atom is -0.497 e. The van der Waals surface area contributed by atoms with E-state index >= 15 is 0 Å². The average molecular weight is 226 g/mol. The first kappa shape index (κ1) is 12.9. The SMILES string of the molecule is COc1ccc(CCCNCCN)c(F)c1. The fraction of sp³-hybridized carbons (Fsp3) is 0.500. The van der Waals surface area contributed by atoms with Crippen LogP contribution in [0.2, 0.25) is 0 Å². The highest BCUT2D eigenvalue weighted by molar-refractivity contribution is 5.28. The van der Waals surface area contributed by atoms with Crippen molar-refractivity contribution in [1.82, 2.24) is 5.32 Å². The van der Waals surface area contributed by atoms with E-state index in [1.54, 1.807) is 12.1 Å². The van der Waals surface area contributed by atoms with Gasteiger partial charge in [0.15, 0.2) is 0 Å². The molecule has 0 aromatic heterocycles. The van der Waals surface area contributed by atoms with Crippen LogP contribution < -0.4 is 15.8 Å². The van der Waals surface area contributed by atoms with Crippen LogP contribution in [0.3, 0.4) is 0 Å². The smallest absolute Gasteiger partial charge is 0.130 e. The van der Waals surface area contributed by atoms with E-state index in [-0.39, 0.29) is 5.82 Å². The minimum absolute atomic E-state index is 0.196. The molecule has 0 bridgehead atoms. The van der Waals surface area contributed by atoms with Gasteiger partial charge in [0.1, 0.15) is 11.6 Å². The second-order valence-corrected chi connectivity index (χ2v) is 3.60. The number of aryl methyl sites for hydroxylation is 1. The topological polar surface area (TPSA) is 47.3 Å². The van der Waals surface area contributed by atoms with Crippen molar-refractivity contribution < 1.29 is 9.13 Å². The molecule has 0 amide bonds. The molecule has 0 aliphatic carbocycles. The zero-order valence-corrected chi connectivity index (χ0v) is 9.63. The molecule has 0 fully saturated rings. The van der Waals surface area contributed by atoms with Gasteiger partial charge in [0.2, 0.25) is 0 Å². The van der Waals surface area contributed by atoms with E-state index in [1.807, 2.05) is 0 Å². The molecule has 4 heteroatoms. The van der Waals surface area contributed by atoms with Gasteiger partial charge in [-0.1, -0.05) is 6.07 Å². The zero-order valence-electron chi connectivity index (χ0n) is 9.63. The number of rotatable bonds is 7. The predicted molar refractivity (Wildman–Crippen MR) is 63.2 cm³/mol. The predicted octanol–water partition coefficient (Wildman–Crippen LogP) is 1.32. The number of methoxy groups -OCH3 is 1. The van der Waals surface area contributed by atoms with Crippen LogP contribution in [0.4, 0.5) is 4.39 Å². The molecule has 0 aliphatic rings. The lowest BCUT2D eigenvalue weighted by Crippen LogP contribution is -2.23. The summed E-state index contributed by atoms with van der Waals surface area (Å²) in [6.07, 6.45) is 1.64. The van der Waals surface area contributed by atoms with E-state index in [0.29, 0.717) is 12.3 Å². The third-order valence-corrected chi connectivity index (χ3v) is 2.38. The maximum absolute atomic E-state index is 13.5. The summed E-state index contributed by atoms with van der Waals surface area (Å²) >= 11 is 0. The maximum atomic E-state index is 13.5. The monoisotopic (exact) mass is 226 g/mol. The number of nitrogens with two attached hydrogens (primary N) is 1.